The Labute approximate surface area is 102 Å². The molecule has 2 rings (SSSR count). The Hall–Kier alpha value is -1.80. The predicted octanol–water partition coefficient (Wildman–Crippen LogP) is 3.10. The minimum absolute atomic E-state index is 0.832. The summed E-state index contributed by atoms with van der Waals surface area (Å²) in [5, 5.41) is 4.63. The van der Waals surface area contributed by atoms with Crippen molar-refractivity contribution in [1.29, 1.82) is 0 Å². The van der Waals surface area contributed by atoms with E-state index in [4.69, 9.17) is 0 Å². The average Bonchev–Trinajstić information content (AvgIpc) is 2.75. The van der Waals surface area contributed by atoms with Crippen LogP contribution in [-0.2, 0) is 13.1 Å². The Kier molecular flexibility index (Phi) is 3.78. The van der Waals surface area contributed by atoms with Gasteiger partial charge in [0.25, 0.3) is 0 Å². The second-order valence-electron chi connectivity index (χ2n) is 4.03. The van der Waals surface area contributed by atoms with Gasteiger partial charge in [0.1, 0.15) is 0 Å². The zero-order chi connectivity index (χ0) is 12.1. The first-order valence-corrected chi connectivity index (χ1v) is 5.86. The third-order valence-electron chi connectivity index (χ3n) is 2.80. The van der Waals surface area contributed by atoms with Gasteiger partial charge < -0.3 is 9.88 Å². The lowest BCUT2D eigenvalue weighted by atomic mass is 10.1. The van der Waals surface area contributed by atoms with Crippen LogP contribution in [0.4, 0.5) is 0 Å². The quantitative estimate of drug-likeness (QED) is 0.591. The summed E-state index contributed by atoms with van der Waals surface area (Å²) in [5.74, 6) is 0. The van der Waals surface area contributed by atoms with E-state index in [0.29, 0.717) is 0 Å². The van der Waals surface area contributed by atoms with Gasteiger partial charge in [-0.25, -0.2) is 0 Å². The van der Waals surface area contributed by atoms with Gasteiger partial charge in [-0.2, -0.15) is 0 Å². The summed E-state index contributed by atoms with van der Waals surface area (Å²) in [4.78, 5) is 0. The number of para-hydroxylation sites is 1. The monoisotopic (exact) mass is 226 g/mol. The second-order valence-corrected chi connectivity index (χ2v) is 4.03. The van der Waals surface area contributed by atoms with Crippen molar-refractivity contribution < 1.29 is 0 Å². The van der Waals surface area contributed by atoms with E-state index in [2.05, 4.69) is 53.5 Å². The molecule has 88 valence electrons. The molecule has 2 nitrogen and oxygen atoms in total. The van der Waals surface area contributed by atoms with Crippen LogP contribution in [0.5, 0.6) is 0 Å². The smallest absolute Gasteiger partial charge is 0.0528 e. The summed E-state index contributed by atoms with van der Waals surface area (Å²) in [5.41, 5.74) is 2.61. The molecule has 1 heterocycles. The lowest BCUT2D eigenvalue weighted by Crippen LogP contribution is -2.13. The topological polar surface area (TPSA) is 17.0 Å². The minimum Gasteiger partial charge on any atom is -0.343 e. The largest absolute Gasteiger partial charge is 0.343 e. The summed E-state index contributed by atoms with van der Waals surface area (Å²) in [6, 6.07) is 8.56. The van der Waals surface area contributed by atoms with Crippen LogP contribution >= 0.6 is 0 Å². The lowest BCUT2D eigenvalue weighted by Gasteiger charge is -2.08. The van der Waals surface area contributed by atoms with Crippen LogP contribution in [0.2, 0.25) is 0 Å². The fraction of sp³-hybridized carbons (Fsp3) is 0.200. The number of hydrogen-bond donors (Lipinski definition) is 1. The molecule has 0 unspecified atom stereocenters. The first-order valence-electron chi connectivity index (χ1n) is 5.86. The minimum atomic E-state index is 0.832. The van der Waals surface area contributed by atoms with Crippen molar-refractivity contribution in [3.8, 4) is 0 Å². The van der Waals surface area contributed by atoms with E-state index in [1.807, 2.05) is 12.2 Å². The van der Waals surface area contributed by atoms with Crippen LogP contribution < -0.4 is 5.32 Å². The number of fused-ring (bicyclic) bond motifs is 1. The van der Waals surface area contributed by atoms with Gasteiger partial charge in [0, 0.05) is 25.8 Å². The molecule has 0 fully saturated rings. The number of benzene rings is 1. The van der Waals surface area contributed by atoms with Gasteiger partial charge in [0.05, 0.1) is 5.52 Å². The molecule has 0 atom stereocenters. The van der Waals surface area contributed by atoms with E-state index in [9.17, 15) is 0 Å². The Morgan fingerprint density at radius 2 is 2.06 bits per heavy atom. The Balaban J connectivity index is 2.35. The molecule has 0 radical (unpaired) electrons. The van der Waals surface area contributed by atoms with Crippen molar-refractivity contribution >= 4 is 10.9 Å². The zero-order valence-electron chi connectivity index (χ0n) is 10.0. The molecule has 0 bridgehead atoms. The van der Waals surface area contributed by atoms with Gasteiger partial charge in [0.15, 0.2) is 0 Å². The number of nitrogens with zero attached hydrogens (tertiary/aromatic N) is 1. The number of rotatable bonds is 6. The fourth-order valence-electron chi connectivity index (χ4n) is 2.08. The molecule has 1 aromatic carbocycles. The average molecular weight is 226 g/mol. The van der Waals surface area contributed by atoms with Crippen molar-refractivity contribution in [2.75, 3.05) is 6.54 Å². The van der Waals surface area contributed by atoms with Crippen LogP contribution in [0.1, 0.15) is 5.56 Å². The summed E-state index contributed by atoms with van der Waals surface area (Å²) in [7, 11) is 0. The van der Waals surface area contributed by atoms with Gasteiger partial charge in [-0.3, -0.25) is 0 Å². The molecule has 0 aliphatic rings. The summed E-state index contributed by atoms with van der Waals surface area (Å²) < 4.78 is 2.23. The molecule has 17 heavy (non-hydrogen) atoms. The first kappa shape index (κ1) is 11.7. The van der Waals surface area contributed by atoms with Crippen LogP contribution in [0, 0.1) is 0 Å². The highest BCUT2D eigenvalue weighted by atomic mass is 15.0. The van der Waals surface area contributed by atoms with E-state index < -0.39 is 0 Å². The second kappa shape index (κ2) is 5.51. The summed E-state index contributed by atoms with van der Waals surface area (Å²) in [6.07, 6.45) is 5.92. The van der Waals surface area contributed by atoms with Crippen LogP contribution in [0.15, 0.2) is 55.8 Å². The highest BCUT2D eigenvalue weighted by molar-refractivity contribution is 5.83. The third-order valence-corrected chi connectivity index (χ3v) is 2.80. The van der Waals surface area contributed by atoms with Crippen LogP contribution in [0.3, 0.4) is 0 Å². The van der Waals surface area contributed by atoms with E-state index in [0.717, 1.165) is 19.6 Å². The molecular formula is C15H18N2. The maximum absolute atomic E-state index is 3.80. The molecule has 1 aromatic heterocycles. The molecule has 0 amide bonds. The molecule has 0 saturated carbocycles. The van der Waals surface area contributed by atoms with Crippen LogP contribution in [0.25, 0.3) is 10.9 Å². The molecular weight excluding hydrogens is 208 g/mol. The molecule has 1 N–H and O–H groups in total. The van der Waals surface area contributed by atoms with Crippen molar-refractivity contribution in [3.63, 3.8) is 0 Å². The normalized spacial score (nSPS) is 10.6. The Morgan fingerprint density at radius 3 is 2.82 bits per heavy atom. The van der Waals surface area contributed by atoms with Gasteiger partial charge in [-0.1, -0.05) is 30.4 Å². The maximum atomic E-state index is 3.80. The molecule has 2 aromatic rings. The van der Waals surface area contributed by atoms with E-state index in [1.54, 1.807) is 0 Å². The number of aromatic nitrogens is 1. The number of allylic oxidation sites excluding steroid dienone is 1. The predicted molar refractivity (Wildman–Crippen MR) is 74.0 cm³/mol. The number of nitrogens with one attached hydrogen (secondary N) is 1. The van der Waals surface area contributed by atoms with Crippen molar-refractivity contribution in [3.05, 3.63) is 61.3 Å². The fourth-order valence-corrected chi connectivity index (χ4v) is 2.08. The third kappa shape index (κ3) is 2.48. The van der Waals surface area contributed by atoms with Gasteiger partial charge in [0.2, 0.25) is 0 Å². The van der Waals surface area contributed by atoms with E-state index in [-0.39, 0.29) is 0 Å². The van der Waals surface area contributed by atoms with E-state index in [1.165, 1.54) is 16.5 Å². The maximum Gasteiger partial charge on any atom is 0.0528 e. The molecule has 2 heteroatoms. The molecule has 0 aliphatic carbocycles. The van der Waals surface area contributed by atoms with E-state index >= 15 is 0 Å². The van der Waals surface area contributed by atoms with Crippen molar-refractivity contribution in [1.82, 2.24) is 9.88 Å². The Morgan fingerprint density at radius 1 is 1.18 bits per heavy atom. The first-order chi connectivity index (χ1) is 8.36. The van der Waals surface area contributed by atoms with Crippen molar-refractivity contribution in [2.45, 2.75) is 13.1 Å². The molecule has 0 spiro atoms. The highest BCUT2D eigenvalue weighted by Gasteiger charge is 2.04. The van der Waals surface area contributed by atoms with Gasteiger partial charge in [-0.05, 0) is 17.0 Å². The number of hydrogen-bond acceptors (Lipinski definition) is 1. The summed E-state index contributed by atoms with van der Waals surface area (Å²) in [6.45, 7) is 10.1. The SMILES string of the molecule is C=CCNCc1cccc2ccn(CC=C)c12. The Bertz CT molecular complexity index is 523. The zero-order valence-corrected chi connectivity index (χ0v) is 10.0. The van der Waals surface area contributed by atoms with Gasteiger partial charge >= 0.3 is 0 Å². The molecule has 0 aliphatic heterocycles. The highest BCUT2D eigenvalue weighted by Crippen LogP contribution is 2.20. The summed E-state index contributed by atoms with van der Waals surface area (Å²) >= 11 is 0. The van der Waals surface area contributed by atoms with Crippen molar-refractivity contribution in [2.24, 2.45) is 0 Å². The lowest BCUT2D eigenvalue weighted by molar-refractivity contribution is 0.756. The molecule has 0 saturated heterocycles. The van der Waals surface area contributed by atoms with Crippen LogP contribution in [-0.4, -0.2) is 11.1 Å². The van der Waals surface area contributed by atoms with Gasteiger partial charge in [-0.15, -0.1) is 13.2 Å². The standard InChI is InChI=1S/C15H18N2/c1-3-9-16-12-14-7-5-6-13-8-11-17(10-4-2)15(13)14/h3-8,11,16H,1-2,9-10,12H2.